The lowest BCUT2D eigenvalue weighted by molar-refractivity contribution is -0.140. The Morgan fingerprint density at radius 2 is 1.77 bits per heavy atom. The van der Waals surface area contributed by atoms with Gasteiger partial charge in [0.2, 0.25) is 0 Å². The van der Waals surface area contributed by atoms with Crippen LogP contribution in [0.15, 0.2) is 34.5 Å². The molecule has 0 saturated heterocycles. The van der Waals surface area contributed by atoms with E-state index in [1.807, 2.05) is 6.07 Å². The molecule has 166 valence electrons. The third-order valence-electron chi connectivity index (χ3n) is 4.07. The minimum absolute atomic E-state index is 0. The summed E-state index contributed by atoms with van der Waals surface area (Å²) >= 11 is 1.21. The third-order valence-corrected chi connectivity index (χ3v) is 4.93. The topological polar surface area (TPSA) is 95.5 Å². The quantitative estimate of drug-likeness (QED) is 0.593. The first kappa shape index (κ1) is 25.6. The fraction of sp³-hybridized carbons (Fsp3) is 0.450. The standard InChI is InChI=1S/C20H26N2O6S.ClH/c1-6-27-16(23)11-29-20-21-12(3)17(19(24)28-7-2)18(22-20)13-8-9-14(25-4)15(10-13)26-5;/h8-10,18H,6-7,11H2,1-5H3,(H,21,22);1H. The molecular formula is C20H27ClN2O6S. The zero-order chi connectivity index (χ0) is 21.4. The molecular weight excluding hydrogens is 432 g/mol. The highest BCUT2D eigenvalue weighted by molar-refractivity contribution is 8.14. The summed E-state index contributed by atoms with van der Waals surface area (Å²) in [5.41, 5.74) is 1.75. The van der Waals surface area contributed by atoms with E-state index in [-0.39, 0.29) is 30.7 Å². The Hall–Kier alpha value is -2.39. The first-order valence-corrected chi connectivity index (χ1v) is 10.2. The highest BCUT2D eigenvalue weighted by Crippen LogP contribution is 2.37. The van der Waals surface area contributed by atoms with Crippen LogP contribution in [0.5, 0.6) is 11.5 Å². The number of halogens is 1. The molecule has 0 radical (unpaired) electrons. The summed E-state index contributed by atoms with van der Waals surface area (Å²) in [6.07, 6.45) is 0. The van der Waals surface area contributed by atoms with Crippen molar-refractivity contribution in [2.75, 3.05) is 33.2 Å². The van der Waals surface area contributed by atoms with E-state index in [1.165, 1.54) is 11.8 Å². The van der Waals surface area contributed by atoms with Crippen molar-refractivity contribution in [1.82, 2.24) is 5.32 Å². The van der Waals surface area contributed by atoms with Gasteiger partial charge in [0, 0.05) is 5.70 Å². The van der Waals surface area contributed by atoms with E-state index < -0.39 is 12.0 Å². The smallest absolute Gasteiger partial charge is 0.338 e. The maximum absolute atomic E-state index is 12.6. The van der Waals surface area contributed by atoms with Crippen molar-refractivity contribution in [3.8, 4) is 11.5 Å². The number of carbonyl (C=O) groups is 2. The normalized spacial score (nSPS) is 15.4. The summed E-state index contributed by atoms with van der Waals surface area (Å²) < 4.78 is 20.9. The molecule has 0 saturated carbocycles. The van der Waals surface area contributed by atoms with Gasteiger partial charge in [-0.2, -0.15) is 0 Å². The Balaban J connectivity index is 0.00000450. The molecule has 1 aliphatic rings. The summed E-state index contributed by atoms with van der Waals surface area (Å²) in [6, 6.07) is 4.74. The number of thioether (sulfide) groups is 1. The largest absolute Gasteiger partial charge is 0.493 e. The molecule has 2 rings (SSSR count). The number of allylic oxidation sites excluding steroid dienone is 1. The van der Waals surface area contributed by atoms with Gasteiger partial charge in [-0.25, -0.2) is 9.79 Å². The van der Waals surface area contributed by atoms with Crippen LogP contribution >= 0.6 is 24.2 Å². The molecule has 1 heterocycles. The number of nitrogens with one attached hydrogen (secondary N) is 1. The summed E-state index contributed by atoms with van der Waals surface area (Å²) in [5, 5.41) is 3.60. The van der Waals surface area contributed by atoms with E-state index in [0.717, 1.165) is 5.56 Å². The van der Waals surface area contributed by atoms with Crippen LogP contribution in [0.1, 0.15) is 32.4 Å². The minimum Gasteiger partial charge on any atom is -0.493 e. The van der Waals surface area contributed by atoms with Gasteiger partial charge in [-0.15, -0.1) is 12.4 Å². The average molecular weight is 459 g/mol. The molecule has 0 fully saturated rings. The summed E-state index contributed by atoms with van der Waals surface area (Å²) in [4.78, 5) is 28.9. The fourth-order valence-electron chi connectivity index (χ4n) is 2.79. The number of nitrogens with zero attached hydrogens (tertiary/aromatic N) is 1. The number of carbonyl (C=O) groups excluding carboxylic acids is 2. The molecule has 1 aromatic carbocycles. The number of hydrogen-bond acceptors (Lipinski definition) is 9. The molecule has 1 aliphatic heterocycles. The van der Waals surface area contributed by atoms with E-state index in [4.69, 9.17) is 18.9 Å². The molecule has 0 bridgehead atoms. The van der Waals surface area contributed by atoms with E-state index >= 15 is 0 Å². The number of aliphatic imine (C=N–C) groups is 1. The van der Waals surface area contributed by atoms with Crippen LogP contribution in [0.2, 0.25) is 0 Å². The molecule has 0 spiro atoms. The van der Waals surface area contributed by atoms with Crippen LogP contribution in [-0.2, 0) is 19.1 Å². The molecule has 1 aromatic rings. The minimum atomic E-state index is -0.611. The van der Waals surface area contributed by atoms with Gasteiger partial charge in [0.05, 0.1) is 38.8 Å². The Kier molecular flexibility index (Phi) is 10.5. The van der Waals surface area contributed by atoms with Crippen molar-refractivity contribution in [3.05, 3.63) is 35.0 Å². The zero-order valence-electron chi connectivity index (χ0n) is 17.6. The second-order valence-electron chi connectivity index (χ2n) is 5.93. The SMILES string of the molecule is CCOC(=O)CSC1=NC(c2ccc(OC)c(OC)c2)C(C(=O)OCC)=C(C)N1.Cl. The van der Waals surface area contributed by atoms with Crippen LogP contribution in [0, 0.1) is 0 Å². The third kappa shape index (κ3) is 6.30. The number of hydrogen-bond donors (Lipinski definition) is 1. The molecule has 1 N–H and O–H groups in total. The Morgan fingerprint density at radius 1 is 1.10 bits per heavy atom. The van der Waals surface area contributed by atoms with Gasteiger partial charge in [-0.05, 0) is 38.5 Å². The van der Waals surface area contributed by atoms with Crippen molar-refractivity contribution in [1.29, 1.82) is 0 Å². The lowest BCUT2D eigenvalue weighted by atomic mass is 9.96. The van der Waals surface area contributed by atoms with Gasteiger partial charge >= 0.3 is 11.9 Å². The molecule has 8 nitrogen and oxygen atoms in total. The van der Waals surface area contributed by atoms with Gasteiger partial charge in [-0.3, -0.25) is 4.79 Å². The Bertz CT molecular complexity index is 828. The lowest BCUT2D eigenvalue weighted by Gasteiger charge is -2.26. The van der Waals surface area contributed by atoms with Gasteiger partial charge in [0.15, 0.2) is 16.7 Å². The number of rotatable bonds is 8. The molecule has 0 aromatic heterocycles. The number of esters is 2. The van der Waals surface area contributed by atoms with Crippen molar-refractivity contribution < 1.29 is 28.5 Å². The number of amidine groups is 1. The van der Waals surface area contributed by atoms with E-state index in [2.05, 4.69) is 10.3 Å². The molecule has 30 heavy (non-hydrogen) atoms. The maximum Gasteiger partial charge on any atom is 0.338 e. The van der Waals surface area contributed by atoms with Crippen molar-refractivity contribution in [2.24, 2.45) is 4.99 Å². The second kappa shape index (κ2) is 12.3. The van der Waals surface area contributed by atoms with Crippen LogP contribution < -0.4 is 14.8 Å². The van der Waals surface area contributed by atoms with Crippen LogP contribution in [0.4, 0.5) is 0 Å². The molecule has 0 aliphatic carbocycles. The molecule has 0 amide bonds. The molecule has 1 unspecified atom stereocenters. The monoisotopic (exact) mass is 458 g/mol. The summed E-state index contributed by atoms with van der Waals surface area (Å²) in [5.74, 6) is 0.433. The molecule has 1 atom stereocenters. The predicted octanol–water partition coefficient (Wildman–Crippen LogP) is 3.26. The van der Waals surface area contributed by atoms with E-state index in [9.17, 15) is 9.59 Å². The van der Waals surface area contributed by atoms with Crippen LogP contribution in [-0.4, -0.2) is 50.3 Å². The second-order valence-corrected chi connectivity index (χ2v) is 6.89. The Morgan fingerprint density at radius 3 is 2.37 bits per heavy atom. The van der Waals surface area contributed by atoms with Gasteiger partial charge < -0.3 is 24.3 Å². The Labute approximate surface area is 186 Å². The van der Waals surface area contributed by atoms with Crippen LogP contribution in [0.25, 0.3) is 0 Å². The van der Waals surface area contributed by atoms with Crippen molar-refractivity contribution in [2.45, 2.75) is 26.8 Å². The number of ether oxygens (including phenoxy) is 4. The summed E-state index contributed by atoms with van der Waals surface area (Å²) in [6.45, 7) is 5.85. The number of methoxy groups -OCH3 is 2. The van der Waals surface area contributed by atoms with Crippen molar-refractivity contribution >= 4 is 41.3 Å². The zero-order valence-corrected chi connectivity index (χ0v) is 19.3. The highest BCUT2D eigenvalue weighted by atomic mass is 35.5. The molecule has 10 heteroatoms. The lowest BCUT2D eigenvalue weighted by Crippen LogP contribution is -2.31. The highest BCUT2D eigenvalue weighted by Gasteiger charge is 2.31. The van der Waals surface area contributed by atoms with Gasteiger partial charge in [0.1, 0.15) is 6.04 Å². The summed E-state index contributed by atoms with van der Waals surface area (Å²) in [7, 11) is 3.10. The van der Waals surface area contributed by atoms with E-state index in [0.29, 0.717) is 34.5 Å². The van der Waals surface area contributed by atoms with Gasteiger partial charge in [0.25, 0.3) is 0 Å². The maximum atomic E-state index is 12.6. The van der Waals surface area contributed by atoms with Crippen molar-refractivity contribution in [3.63, 3.8) is 0 Å². The van der Waals surface area contributed by atoms with Gasteiger partial charge in [-0.1, -0.05) is 17.8 Å². The first-order chi connectivity index (χ1) is 13.9. The predicted molar refractivity (Wildman–Crippen MR) is 119 cm³/mol. The van der Waals surface area contributed by atoms with Crippen LogP contribution in [0.3, 0.4) is 0 Å². The fourth-order valence-corrected chi connectivity index (χ4v) is 3.53. The first-order valence-electron chi connectivity index (χ1n) is 9.18. The average Bonchev–Trinajstić information content (AvgIpc) is 2.71. The number of benzene rings is 1. The van der Waals surface area contributed by atoms with E-state index in [1.54, 1.807) is 47.1 Å².